The summed E-state index contributed by atoms with van der Waals surface area (Å²) >= 11 is 6.12. The predicted molar refractivity (Wildman–Crippen MR) is 115 cm³/mol. The molecule has 2 N–H and O–H groups in total. The lowest BCUT2D eigenvalue weighted by Crippen LogP contribution is -2.39. The SMILES string of the molecule is CCOC(=O)CC1=CC(=O)N(CC(=O)NCc2ccccc2Cl)c2ccccc2N1. The van der Waals surface area contributed by atoms with Gasteiger partial charge in [-0.15, -0.1) is 0 Å². The number of ether oxygens (including phenoxy) is 1. The fourth-order valence-corrected chi connectivity index (χ4v) is 3.23. The Morgan fingerprint density at radius 1 is 1.13 bits per heavy atom. The zero-order chi connectivity index (χ0) is 21.5. The Balaban J connectivity index is 1.75. The maximum absolute atomic E-state index is 12.8. The van der Waals surface area contributed by atoms with E-state index in [2.05, 4.69) is 10.6 Å². The first-order valence-corrected chi connectivity index (χ1v) is 9.89. The first-order chi connectivity index (χ1) is 14.5. The van der Waals surface area contributed by atoms with Gasteiger partial charge in [0.15, 0.2) is 0 Å². The summed E-state index contributed by atoms with van der Waals surface area (Å²) in [4.78, 5) is 38.6. The Morgan fingerprint density at radius 3 is 2.63 bits per heavy atom. The quantitative estimate of drug-likeness (QED) is 0.662. The number of carbonyl (C=O) groups is 3. The first-order valence-electron chi connectivity index (χ1n) is 9.51. The Hall–Kier alpha value is -3.32. The van der Waals surface area contributed by atoms with Crippen LogP contribution in [0.5, 0.6) is 0 Å². The average Bonchev–Trinajstić information content (AvgIpc) is 2.84. The van der Waals surface area contributed by atoms with Crippen LogP contribution in [0.1, 0.15) is 18.9 Å². The molecule has 0 aliphatic carbocycles. The number of para-hydroxylation sites is 2. The van der Waals surface area contributed by atoms with E-state index in [1.165, 1.54) is 11.0 Å². The van der Waals surface area contributed by atoms with Gasteiger partial charge in [0.1, 0.15) is 6.54 Å². The van der Waals surface area contributed by atoms with Crippen LogP contribution >= 0.6 is 11.6 Å². The second-order valence-corrected chi connectivity index (χ2v) is 6.99. The van der Waals surface area contributed by atoms with Crippen LogP contribution in [0, 0.1) is 0 Å². The first kappa shape index (κ1) is 21.4. The minimum Gasteiger partial charge on any atom is -0.466 e. The average molecular weight is 428 g/mol. The molecule has 30 heavy (non-hydrogen) atoms. The molecule has 2 aromatic carbocycles. The van der Waals surface area contributed by atoms with Crippen molar-refractivity contribution in [3.05, 3.63) is 70.9 Å². The molecule has 0 bridgehead atoms. The van der Waals surface area contributed by atoms with Gasteiger partial charge in [-0.3, -0.25) is 19.3 Å². The highest BCUT2D eigenvalue weighted by atomic mass is 35.5. The third-order valence-corrected chi connectivity index (χ3v) is 4.80. The van der Waals surface area contributed by atoms with E-state index < -0.39 is 11.9 Å². The molecule has 3 rings (SSSR count). The third-order valence-electron chi connectivity index (χ3n) is 4.43. The van der Waals surface area contributed by atoms with Gasteiger partial charge in [-0.25, -0.2) is 0 Å². The van der Waals surface area contributed by atoms with Gasteiger partial charge in [-0.1, -0.05) is 41.9 Å². The molecule has 1 heterocycles. The van der Waals surface area contributed by atoms with Crippen molar-refractivity contribution in [2.24, 2.45) is 0 Å². The molecule has 0 radical (unpaired) electrons. The Bertz CT molecular complexity index is 990. The summed E-state index contributed by atoms with van der Waals surface area (Å²) in [6.45, 7) is 2.06. The zero-order valence-corrected chi connectivity index (χ0v) is 17.2. The molecule has 8 heteroatoms. The van der Waals surface area contributed by atoms with E-state index in [1.54, 1.807) is 37.3 Å². The molecule has 0 fully saturated rings. The summed E-state index contributed by atoms with van der Waals surface area (Å²) in [5.74, 6) is -1.17. The molecule has 0 saturated carbocycles. The Labute approximate surface area is 179 Å². The van der Waals surface area contributed by atoms with Gasteiger partial charge >= 0.3 is 5.97 Å². The van der Waals surface area contributed by atoms with Crippen molar-refractivity contribution >= 4 is 40.8 Å². The number of esters is 1. The van der Waals surface area contributed by atoms with E-state index in [0.29, 0.717) is 22.1 Å². The summed E-state index contributed by atoms with van der Waals surface area (Å²) in [6, 6.07) is 14.3. The predicted octanol–water partition coefficient (Wildman–Crippen LogP) is 3.25. The number of halogens is 1. The van der Waals surface area contributed by atoms with Crippen LogP contribution in [-0.2, 0) is 25.7 Å². The second-order valence-electron chi connectivity index (χ2n) is 6.59. The molecule has 0 spiro atoms. The van der Waals surface area contributed by atoms with Gasteiger partial charge in [0.2, 0.25) is 5.91 Å². The maximum Gasteiger partial charge on any atom is 0.311 e. The summed E-state index contributed by atoms with van der Waals surface area (Å²) in [7, 11) is 0. The molecule has 2 amide bonds. The highest BCUT2D eigenvalue weighted by molar-refractivity contribution is 6.31. The van der Waals surface area contributed by atoms with Crippen molar-refractivity contribution in [1.29, 1.82) is 0 Å². The van der Waals surface area contributed by atoms with Gasteiger partial charge in [0, 0.05) is 23.3 Å². The summed E-state index contributed by atoms with van der Waals surface area (Å²) in [5, 5.41) is 6.44. The minimum atomic E-state index is -0.438. The molecule has 156 valence electrons. The van der Waals surface area contributed by atoms with Crippen molar-refractivity contribution in [3.8, 4) is 0 Å². The summed E-state index contributed by atoms with van der Waals surface area (Å²) in [6.07, 6.45) is 1.25. The monoisotopic (exact) mass is 427 g/mol. The van der Waals surface area contributed by atoms with Gasteiger partial charge in [-0.05, 0) is 30.7 Å². The van der Waals surface area contributed by atoms with Crippen molar-refractivity contribution in [3.63, 3.8) is 0 Å². The molecule has 1 aliphatic heterocycles. The lowest BCUT2D eigenvalue weighted by atomic mass is 10.2. The fraction of sp³-hybridized carbons (Fsp3) is 0.227. The number of rotatable bonds is 7. The number of nitrogens with zero attached hydrogens (tertiary/aromatic N) is 1. The zero-order valence-electron chi connectivity index (χ0n) is 16.5. The van der Waals surface area contributed by atoms with E-state index in [1.807, 2.05) is 18.2 Å². The largest absolute Gasteiger partial charge is 0.466 e. The summed E-state index contributed by atoms with van der Waals surface area (Å²) < 4.78 is 4.96. The molecule has 1 aliphatic rings. The number of benzene rings is 2. The lowest BCUT2D eigenvalue weighted by molar-refractivity contribution is -0.142. The lowest BCUT2D eigenvalue weighted by Gasteiger charge is -2.21. The second kappa shape index (κ2) is 9.93. The number of hydrogen-bond acceptors (Lipinski definition) is 5. The number of amides is 2. The van der Waals surface area contributed by atoms with E-state index in [9.17, 15) is 14.4 Å². The van der Waals surface area contributed by atoms with E-state index in [0.717, 1.165) is 5.56 Å². The van der Waals surface area contributed by atoms with Gasteiger partial charge in [0.05, 0.1) is 24.4 Å². The Kier molecular flexibility index (Phi) is 7.08. The molecular formula is C22H22ClN3O4. The standard InChI is InChI=1S/C22H22ClN3O4/c1-2-30-22(29)12-16-11-21(28)26(19-10-6-5-9-18(19)25-16)14-20(27)24-13-15-7-3-4-8-17(15)23/h3-11,25H,2,12-14H2,1H3,(H,24,27). The molecule has 0 atom stereocenters. The van der Waals surface area contributed by atoms with Gasteiger partial charge in [-0.2, -0.15) is 0 Å². The minimum absolute atomic E-state index is 0.0690. The van der Waals surface area contributed by atoms with Crippen molar-refractivity contribution in [1.82, 2.24) is 5.32 Å². The van der Waals surface area contributed by atoms with Crippen LogP contribution in [0.15, 0.2) is 60.3 Å². The van der Waals surface area contributed by atoms with Crippen molar-refractivity contribution < 1.29 is 19.1 Å². The molecule has 0 unspecified atom stereocenters. The van der Waals surface area contributed by atoms with E-state index >= 15 is 0 Å². The van der Waals surface area contributed by atoms with Crippen LogP contribution in [0.3, 0.4) is 0 Å². The Morgan fingerprint density at radius 2 is 1.87 bits per heavy atom. The number of anilines is 2. The third kappa shape index (κ3) is 5.39. The smallest absolute Gasteiger partial charge is 0.311 e. The molecular weight excluding hydrogens is 406 g/mol. The highest BCUT2D eigenvalue weighted by Crippen LogP contribution is 2.30. The number of nitrogens with one attached hydrogen (secondary N) is 2. The topological polar surface area (TPSA) is 87.7 Å². The van der Waals surface area contributed by atoms with Crippen LogP contribution in [0.2, 0.25) is 5.02 Å². The number of fused-ring (bicyclic) bond motifs is 1. The van der Waals surface area contributed by atoms with E-state index in [4.69, 9.17) is 16.3 Å². The maximum atomic E-state index is 12.8. The highest BCUT2D eigenvalue weighted by Gasteiger charge is 2.25. The number of hydrogen-bond donors (Lipinski definition) is 2. The van der Waals surface area contributed by atoms with Crippen molar-refractivity contribution in [2.45, 2.75) is 19.9 Å². The summed E-state index contributed by atoms with van der Waals surface area (Å²) in [5.41, 5.74) is 2.36. The molecule has 0 saturated heterocycles. The molecule has 7 nitrogen and oxygen atoms in total. The fourth-order valence-electron chi connectivity index (χ4n) is 3.03. The normalized spacial score (nSPS) is 12.9. The molecule has 0 aromatic heterocycles. The van der Waals surface area contributed by atoms with Crippen molar-refractivity contribution in [2.75, 3.05) is 23.4 Å². The van der Waals surface area contributed by atoms with Crippen LogP contribution in [-0.4, -0.2) is 30.9 Å². The number of carbonyl (C=O) groups excluding carboxylic acids is 3. The van der Waals surface area contributed by atoms with Crippen LogP contribution < -0.4 is 15.5 Å². The molecule has 2 aromatic rings. The van der Waals surface area contributed by atoms with Gasteiger partial charge in [0.25, 0.3) is 5.91 Å². The van der Waals surface area contributed by atoms with E-state index in [-0.39, 0.29) is 32.0 Å². The van der Waals surface area contributed by atoms with Crippen LogP contribution in [0.4, 0.5) is 11.4 Å². The van der Waals surface area contributed by atoms with Gasteiger partial charge < -0.3 is 15.4 Å². The van der Waals surface area contributed by atoms with Crippen LogP contribution in [0.25, 0.3) is 0 Å².